The second kappa shape index (κ2) is 5.77. The SMILES string of the molecule is [2H]N1C(=O)OC[C@@H]1Cc1ccc2c(c1)c(CC([2H])([2H])N(C)C)cn2[2H]. The number of nitrogens with zero attached hydrogens (tertiary/aromatic N) is 1. The van der Waals surface area contributed by atoms with Gasteiger partial charge in [-0.15, -0.1) is 0 Å². The number of nitrogens with one attached hydrogen (secondary N) is 2. The molecule has 2 heterocycles. The molecule has 0 radical (unpaired) electrons. The quantitative estimate of drug-likeness (QED) is 0.885. The van der Waals surface area contributed by atoms with Crippen molar-refractivity contribution in [3.63, 3.8) is 0 Å². The highest BCUT2D eigenvalue weighted by molar-refractivity contribution is 5.84. The molecule has 0 spiro atoms. The van der Waals surface area contributed by atoms with E-state index in [4.69, 9.17) is 10.3 Å². The fourth-order valence-electron chi connectivity index (χ4n) is 2.45. The van der Waals surface area contributed by atoms with Crippen LogP contribution in [-0.2, 0) is 17.6 Å². The van der Waals surface area contributed by atoms with Crippen LogP contribution in [0.25, 0.3) is 10.9 Å². The summed E-state index contributed by atoms with van der Waals surface area (Å²) in [6.07, 6.45) is 1.65. The van der Waals surface area contributed by atoms with Gasteiger partial charge < -0.3 is 19.9 Å². The predicted molar refractivity (Wildman–Crippen MR) is 82.5 cm³/mol. The van der Waals surface area contributed by atoms with Gasteiger partial charge in [0.1, 0.15) is 6.61 Å². The molecule has 0 aliphatic carbocycles. The number of amides is 1. The van der Waals surface area contributed by atoms with Gasteiger partial charge in [0.2, 0.25) is 0 Å². The number of aryl methyl sites for hydroxylation is 1. The molecule has 2 aromatic rings. The number of benzene rings is 1. The highest BCUT2D eigenvalue weighted by atomic mass is 16.6. The highest BCUT2D eigenvalue weighted by Crippen LogP contribution is 2.21. The number of H-pyrrole nitrogens is 1. The summed E-state index contributed by atoms with van der Waals surface area (Å²) in [4.78, 5) is 14.1. The molecular weight excluding hydrogens is 266 g/mol. The van der Waals surface area contributed by atoms with E-state index in [0.29, 0.717) is 11.9 Å². The number of aromatic nitrogens is 1. The molecule has 1 saturated heterocycles. The zero-order chi connectivity index (χ0) is 18.4. The van der Waals surface area contributed by atoms with Crippen LogP contribution in [-0.4, -0.2) is 49.2 Å². The number of carbonyl (C=O) groups excluding carboxylic acids is 1. The van der Waals surface area contributed by atoms with Gasteiger partial charge >= 0.3 is 6.09 Å². The Hall–Kier alpha value is -2.01. The fraction of sp³-hybridized carbons (Fsp3) is 0.438. The molecule has 1 fully saturated rings. The van der Waals surface area contributed by atoms with Crippen LogP contribution in [0.1, 0.15) is 13.9 Å². The van der Waals surface area contributed by atoms with Gasteiger partial charge in [0.25, 0.3) is 0 Å². The number of hydrogen-bond acceptors (Lipinski definition) is 3. The van der Waals surface area contributed by atoms with Crippen LogP contribution in [0.4, 0.5) is 4.79 Å². The van der Waals surface area contributed by atoms with E-state index in [9.17, 15) is 4.79 Å². The maximum Gasteiger partial charge on any atom is 0.407 e. The Balaban J connectivity index is 1.91. The predicted octanol–water partition coefficient (Wildman–Crippen LogP) is 1.92. The summed E-state index contributed by atoms with van der Waals surface area (Å²) in [5, 5.41) is 1.67. The van der Waals surface area contributed by atoms with Crippen molar-refractivity contribution in [1.29, 1.82) is 0 Å². The van der Waals surface area contributed by atoms with Gasteiger partial charge in [-0.05, 0) is 50.2 Å². The number of aromatic amines is 1. The van der Waals surface area contributed by atoms with Crippen molar-refractivity contribution < 1.29 is 15.1 Å². The van der Waals surface area contributed by atoms with Crippen LogP contribution in [0.5, 0.6) is 0 Å². The molecule has 1 aromatic heterocycles. The molecular formula is C16H21N3O2. The fourth-order valence-corrected chi connectivity index (χ4v) is 2.45. The summed E-state index contributed by atoms with van der Waals surface area (Å²) in [7, 11) is 3.37. The smallest absolute Gasteiger partial charge is 0.407 e. The lowest BCUT2D eigenvalue weighted by molar-refractivity contribution is 0.177. The van der Waals surface area contributed by atoms with Crippen LogP contribution < -0.4 is 5.31 Å². The van der Waals surface area contributed by atoms with Crippen LogP contribution in [0.2, 0.25) is 2.82 Å². The van der Waals surface area contributed by atoms with Crippen LogP contribution >= 0.6 is 0 Å². The first-order chi connectivity index (χ1) is 11.7. The topological polar surface area (TPSA) is 57.4 Å². The molecule has 112 valence electrons. The maximum absolute atomic E-state index is 11.3. The third-order valence-electron chi connectivity index (χ3n) is 3.51. The van der Waals surface area contributed by atoms with Crippen molar-refractivity contribution in [2.24, 2.45) is 0 Å². The van der Waals surface area contributed by atoms with Gasteiger partial charge in [-0.1, -0.05) is 6.07 Å². The molecule has 1 aliphatic heterocycles. The Morgan fingerprint density at radius 1 is 1.52 bits per heavy atom. The monoisotopic (exact) mass is 291 g/mol. The molecule has 0 bridgehead atoms. The first-order valence-corrected chi connectivity index (χ1v) is 6.93. The van der Waals surface area contributed by atoms with Gasteiger partial charge in [0.05, 0.1) is 6.04 Å². The Labute approximate surface area is 130 Å². The minimum Gasteiger partial charge on any atom is -0.447 e. The Bertz CT molecular complexity index is 806. The van der Waals surface area contributed by atoms with Gasteiger partial charge in [-0.3, -0.25) is 0 Å². The van der Waals surface area contributed by atoms with Crippen LogP contribution in [0.15, 0.2) is 24.4 Å². The number of likely N-dealkylation sites (N-methyl/N-ethyl adjacent to an activating group) is 1. The Morgan fingerprint density at radius 2 is 2.38 bits per heavy atom. The normalized spacial score (nSPS) is 22.1. The number of hydrogen-bond donors (Lipinski definition) is 2. The zero-order valence-electron chi connectivity index (χ0n) is 16.2. The van der Waals surface area contributed by atoms with Crippen molar-refractivity contribution in [3.8, 4) is 0 Å². The summed E-state index contributed by atoms with van der Waals surface area (Å²) < 4.78 is 36.8. The summed E-state index contributed by atoms with van der Waals surface area (Å²) in [5.41, 5.74) is 2.38. The summed E-state index contributed by atoms with van der Waals surface area (Å²) in [6.45, 7) is -1.33. The first-order valence-electron chi connectivity index (χ1n) is 8.83. The number of ether oxygens (including phenoxy) is 1. The second-order valence-corrected chi connectivity index (χ2v) is 5.43. The van der Waals surface area contributed by atoms with Crippen molar-refractivity contribution in [2.75, 3.05) is 27.2 Å². The van der Waals surface area contributed by atoms with E-state index in [1.807, 2.05) is 18.2 Å². The molecule has 2 N–H and O–H groups in total. The van der Waals surface area contributed by atoms with Crippen LogP contribution in [0.3, 0.4) is 0 Å². The van der Waals surface area contributed by atoms with E-state index in [-0.39, 0.29) is 19.1 Å². The number of rotatable bonds is 5. The lowest BCUT2D eigenvalue weighted by atomic mass is 10.0. The van der Waals surface area contributed by atoms with E-state index < -0.39 is 12.6 Å². The lowest BCUT2D eigenvalue weighted by Crippen LogP contribution is -2.28. The third-order valence-corrected chi connectivity index (χ3v) is 3.51. The molecule has 5 heteroatoms. The minimum atomic E-state index is -1.52. The van der Waals surface area contributed by atoms with Gasteiger partial charge in [0.15, 0.2) is 2.82 Å². The maximum atomic E-state index is 11.3. The van der Waals surface area contributed by atoms with Crippen LogP contribution in [0, 0.1) is 0 Å². The molecule has 0 unspecified atom stereocenters. The van der Waals surface area contributed by atoms with E-state index >= 15 is 0 Å². The van der Waals surface area contributed by atoms with E-state index in [1.54, 1.807) is 20.3 Å². The van der Waals surface area contributed by atoms with Gasteiger partial charge in [-0.2, -0.15) is 0 Å². The summed E-state index contributed by atoms with van der Waals surface area (Å²) in [5.74, 6) is 0. The minimum absolute atomic E-state index is 0.168. The van der Waals surface area contributed by atoms with E-state index in [0.717, 1.165) is 21.8 Å². The van der Waals surface area contributed by atoms with Crippen molar-refractivity contribution >= 4 is 17.0 Å². The average Bonchev–Trinajstić information content (AvgIpc) is 3.01. The van der Waals surface area contributed by atoms with Gasteiger partial charge in [-0.25, -0.2) is 4.79 Å². The average molecular weight is 291 g/mol. The number of cyclic esters (lactones) is 1. The standard InChI is InChI=1S/C16H21N3O2/c1-19(2)6-5-12-9-17-15-4-3-11(8-14(12)15)7-13-10-21-16(20)18-13/h3-4,8-9,13,17H,5-7,10H2,1-2H3,(H,18,20)/t13-/m0/s1/i6D2/hD2. The molecule has 3 rings (SSSR count). The molecule has 21 heavy (non-hydrogen) atoms. The first kappa shape index (κ1) is 9.84. The summed E-state index contributed by atoms with van der Waals surface area (Å²) >= 11 is 0. The van der Waals surface area contributed by atoms with Crippen molar-refractivity contribution in [1.82, 2.24) is 15.2 Å². The Kier molecular flexibility index (Phi) is 2.71. The largest absolute Gasteiger partial charge is 0.447 e. The Morgan fingerprint density at radius 3 is 3.10 bits per heavy atom. The van der Waals surface area contributed by atoms with E-state index in [2.05, 4.69) is 0 Å². The zero-order valence-corrected chi connectivity index (χ0v) is 12.2. The highest BCUT2D eigenvalue weighted by Gasteiger charge is 2.22. The molecule has 1 atom stereocenters. The summed E-state index contributed by atoms with van der Waals surface area (Å²) in [6, 6.07) is 5.27. The number of fused-ring (bicyclic) bond motifs is 1. The molecule has 0 saturated carbocycles. The van der Waals surface area contributed by atoms with E-state index in [1.165, 1.54) is 9.88 Å². The molecule has 1 aromatic carbocycles. The third kappa shape index (κ3) is 3.19. The number of carbonyl (C=O) groups is 1. The van der Waals surface area contributed by atoms with Crippen molar-refractivity contribution in [3.05, 3.63) is 35.5 Å². The molecule has 5 nitrogen and oxygen atoms in total. The molecule has 1 aliphatic rings. The number of alkyl carbamates (subject to hydrolysis) is 1. The van der Waals surface area contributed by atoms with Gasteiger partial charge in [0, 0.05) is 26.3 Å². The second-order valence-electron chi connectivity index (χ2n) is 5.43. The molecule has 1 amide bonds. The van der Waals surface area contributed by atoms with Crippen molar-refractivity contribution in [2.45, 2.75) is 18.9 Å². The lowest BCUT2D eigenvalue weighted by Gasteiger charge is -2.09.